The largest absolute Gasteiger partial charge is 0.461 e. The number of hydrogen-bond acceptors (Lipinski definition) is 5. The molecule has 0 saturated carbocycles. The normalized spacial score (nSPS) is 12.8. The number of alkyl halides is 3. The molecule has 0 spiro atoms. The molecule has 1 rings (SSSR count). The summed E-state index contributed by atoms with van der Waals surface area (Å²) in [5.41, 5.74) is -0.105. The second kappa shape index (κ2) is 6.69. The summed E-state index contributed by atoms with van der Waals surface area (Å²) < 4.78 is 41.1. The quantitative estimate of drug-likeness (QED) is 0.848. The fourth-order valence-corrected chi connectivity index (χ4v) is 2.05. The molecule has 0 saturated heterocycles. The van der Waals surface area contributed by atoms with Crippen molar-refractivity contribution in [3.05, 3.63) is 16.1 Å². The summed E-state index contributed by atoms with van der Waals surface area (Å²) in [6, 6.07) is -1.07. The van der Waals surface area contributed by atoms with Crippen LogP contribution in [0, 0.1) is 0 Å². The predicted octanol–water partition coefficient (Wildman–Crippen LogP) is 2.39. The van der Waals surface area contributed by atoms with Crippen molar-refractivity contribution in [3.8, 4) is 0 Å². The highest BCUT2D eigenvalue weighted by Gasteiger charge is 2.31. The topological polar surface area (TPSA) is 68.3 Å². The molecular formula is C11H13F3N2O3S. The average Bonchev–Trinajstić information content (AvgIpc) is 2.75. The first-order chi connectivity index (χ1) is 9.23. The Morgan fingerprint density at radius 3 is 2.70 bits per heavy atom. The summed E-state index contributed by atoms with van der Waals surface area (Å²) in [5.74, 6) is -1.42. The number of nitrogens with one attached hydrogen (secondary N) is 1. The standard InChI is InChI=1S/C11H13F3N2O3S/c1-3-19-10(18)9-16-7(5-20-9)8(17)15-6(2)4-11(12,13)14/h5-6H,3-4H2,1-2H3,(H,15,17). The monoisotopic (exact) mass is 310 g/mol. The molecule has 0 aromatic carbocycles. The van der Waals surface area contributed by atoms with Crippen molar-refractivity contribution in [2.24, 2.45) is 0 Å². The van der Waals surface area contributed by atoms with E-state index in [0.717, 1.165) is 11.3 Å². The molecule has 1 amide bonds. The molecule has 1 aromatic heterocycles. The highest BCUT2D eigenvalue weighted by molar-refractivity contribution is 7.11. The minimum absolute atomic E-state index is 0.0134. The molecule has 0 radical (unpaired) electrons. The number of carbonyl (C=O) groups excluding carboxylic acids is 2. The van der Waals surface area contributed by atoms with Crippen molar-refractivity contribution in [2.45, 2.75) is 32.5 Å². The van der Waals surface area contributed by atoms with E-state index in [1.54, 1.807) is 6.92 Å². The van der Waals surface area contributed by atoms with Crippen LogP contribution in [0.4, 0.5) is 13.2 Å². The average molecular weight is 310 g/mol. The number of halogens is 3. The Labute approximate surface area is 117 Å². The number of rotatable bonds is 5. The Hall–Kier alpha value is -1.64. The van der Waals surface area contributed by atoms with Gasteiger partial charge in [0.2, 0.25) is 5.01 Å². The molecule has 0 bridgehead atoms. The molecule has 1 unspecified atom stereocenters. The second-order valence-corrected chi connectivity index (χ2v) is 4.81. The maximum atomic E-state index is 12.1. The highest BCUT2D eigenvalue weighted by atomic mass is 32.1. The molecule has 9 heteroatoms. The van der Waals surface area contributed by atoms with E-state index in [2.05, 4.69) is 10.3 Å². The molecule has 1 heterocycles. The zero-order chi connectivity index (χ0) is 15.3. The zero-order valence-corrected chi connectivity index (χ0v) is 11.6. The van der Waals surface area contributed by atoms with Crippen LogP contribution in [0.25, 0.3) is 0 Å². The van der Waals surface area contributed by atoms with E-state index in [0.29, 0.717) is 0 Å². The van der Waals surface area contributed by atoms with Gasteiger partial charge in [0.1, 0.15) is 5.69 Å². The third-order valence-electron chi connectivity index (χ3n) is 2.10. The van der Waals surface area contributed by atoms with Crippen LogP contribution in [-0.4, -0.2) is 35.7 Å². The Morgan fingerprint density at radius 1 is 1.50 bits per heavy atom. The van der Waals surface area contributed by atoms with Crippen molar-refractivity contribution < 1.29 is 27.5 Å². The van der Waals surface area contributed by atoms with Crippen LogP contribution in [0.15, 0.2) is 5.38 Å². The molecule has 20 heavy (non-hydrogen) atoms. The number of amides is 1. The molecule has 112 valence electrons. The first-order valence-corrected chi connectivity index (χ1v) is 6.61. The van der Waals surface area contributed by atoms with E-state index in [1.807, 2.05) is 0 Å². The first-order valence-electron chi connectivity index (χ1n) is 5.73. The third kappa shape index (κ3) is 5.16. The summed E-state index contributed by atoms with van der Waals surface area (Å²) in [6.07, 6.45) is -5.49. The fraction of sp³-hybridized carbons (Fsp3) is 0.545. The van der Waals surface area contributed by atoms with Crippen molar-refractivity contribution in [1.82, 2.24) is 10.3 Å². The minimum Gasteiger partial charge on any atom is -0.461 e. The number of thiazole rings is 1. The lowest BCUT2D eigenvalue weighted by Crippen LogP contribution is -2.36. The molecule has 0 aliphatic rings. The van der Waals surface area contributed by atoms with E-state index in [4.69, 9.17) is 4.74 Å². The van der Waals surface area contributed by atoms with Gasteiger partial charge in [0, 0.05) is 11.4 Å². The van der Waals surface area contributed by atoms with Gasteiger partial charge in [0.25, 0.3) is 5.91 Å². The van der Waals surface area contributed by atoms with Crippen molar-refractivity contribution in [3.63, 3.8) is 0 Å². The van der Waals surface area contributed by atoms with Gasteiger partial charge in [-0.2, -0.15) is 13.2 Å². The number of aromatic nitrogens is 1. The molecule has 1 aromatic rings. The number of ether oxygens (including phenoxy) is 1. The van der Waals surface area contributed by atoms with E-state index in [-0.39, 0.29) is 17.3 Å². The van der Waals surface area contributed by atoms with E-state index in [1.165, 1.54) is 12.3 Å². The second-order valence-electron chi connectivity index (χ2n) is 3.95. The van der Waals surface area contributed by atoms with Crippen LogP contribution in [0.3, 0.4) is 0 Å². The van der Waals surface area contributed by atoms with Gasteiger partial charge in [-0.25, -0.2) is 9.78 Å². The molecule has 0 fully saturated rings. The zero-order valence-electron chi connectivity index (χ0n) is 10.8. The molecule has 5 nitrogen and oxygen atoms in total. The lowest BCUT2D eigenvalue weighted by atomic mass is 10.2. The first kappa shape index (κ1) is 16.4. The lowest BCUT2D eigenvalue weighted by molar-refractivity contribution is -0.138. The lowest BCUT2D eigenvalue weighted by Gasteiger charge is -2.14. The molecule has 1 N–H and O–H groups in total. The van der Waals surface area contributed by atoms with Crippen LogP contribution >= 0.6 is 11.3 Å². The Balaban J connectivity index is 2.62. The smallest absolute Gasteiger partial charge is 0.391 e. The Kier molecular flexibility index (Phi) is 5.49. The summed E-state index contributed by atoms with van der Waals surface area (Å²) in [6.45, 7) is 3.03. The maximum absolute atomic E-state index is 12.1. The Morgan fingerprint density at radius 2 is 2.15 bits per heavy atom. The van der Waals surface area contributed by atoms with Crippen LogP contribution in [-0.2, 0) is 4.74 Å². The van der Waals surface area contributed by atoms with Crippen molar-refractivity contribution in [1.29, 1.82) is 0 Å². The predicted molar refractivity (Wildman–Crippen MR) is 65.7 cm³/mol. The van der Waals surface area contributed by atoms with Gasteiger partial charge in [0.05, 0.1) is 13.0 Å². The maximum Gasteiger partial charge on any atom is 0.391 e. The van der Waals surface area contributed by atoms with Crippen LogP contribution in [0.2, 0.25) is 0 Å². The summed E-state index contributed by atoms with van der Waals surface area (Å²) in [7, 11) is 0. The van der Waals surface area contributed by atoms with E-state index >= 15 is 0 Å². The number of esters is 1. The van der Waals surface area contributed by atoms with Crippen LogP contribution in [0.5, 0.6) is 0 Å². The van der Waals surface area contributed by atoms with E-state index in [9.17, 15) is 22.8 Å². The van der Waals surface area contributed by atoms with Crippen LogP contribution < -0.4 is 5.32 Å². The van der Waals surface area contributed by atoms with Gasteiger partial charge in [-0.15, -0.1) is 11.3 Å². The Bertz CT molecular complexity index is 488. The molecule has 1 atom stereocenters. The molecule has 0 aliphatic heterocycles. The highest BCUT2D eigenvalue weighted by Crippen LogP contribution is 2.21. The fourth-order valence-electron chi connectivity index (χ4n) is 1.36. The van der Waals surface area contributed by atoms with Gasteiger partial charge < -0.3 is 10.1 Å². The number of hydrogen-bond donors (Lipinski definition) is 1. The van der Waals surface area contributed by atoms with Gasteiger partial charge in [0.15, 0.2) is 0 Å². The van der Waals surface area contributed by atoms with Gasteiger partial charge in [-0.1, -0.05) is 0 Å². The van der Waals surface area contributed by atoms with Crippen molar-refractivity contribution in [2.75, 3.05) is 6.61 Å². The third-order valence-corrected chi connectivity index (χ3v) is 2.92. The van der Waals surface area contributed by atoms with Crippen LogP contribution in [0.1, 0.15) is 40.6 Å². The van der Waals surface area contributed by atoms with Crippen molar-refractivity contribution >= 4 is 23.2 Å². The SMILES string of the molecule is CCOC(=O)c1nc(C(=O)NC(C)CC(F)(F)F)cs1. The van der Waals surface area contributed by atoms with Gasteiger partial charge in [-0.05, 0) is 13.8 Å². The number of nitrogens with zero attached hydrogens (tertiary/aromatic N) is 1. The molecular weight excluding hydrogens is 297 g/mol. The minimum atomic E-state index is -4.36. The van der Waals surface area contributed by atoms with Gasteiger partial charge >= 0.3 is 12.1 Å². The summed E-state index contributed by atoms with van der Waals surface area (Å²) in [5, 5.41) is 3.45. The number of carbonyl (C=O) groups is 2. The van der Waals surface area contributed by atoms with E-state index < -0.39 is 30.5 Å². The summed E-state index contributed by atoms with van der Waals surface area (Å²) in [4.78, 5) is 26.7. The van der Waals surface area contributed by atoms with Gasteiger partial charge in [-0.3, -0.25) is 4.79 Å². The summed E-state index contributed by atoms with van der Waals surface area (Å²) >= 11 is 0.897. The molecule has 0 aliphatic carbocycles.